The lowest BCUT2D eigenvalue weighted by Crippen LogP contribution is -2.45. The highest BCUT2D eigenvalue weighted by atomic mass is 79.9. The maximum absolute atomic E-state index is 10.4. The predicted octanol–water partition coefficient (Wildman–Crippen LogP) is 3.95. The first-order valence-electron chi connectivity index (χ1n) is 6.28. The monoisotopic (exact) mass is 312 g/mol. The summed E-state index contributed by atoms with van der Waals surface area (Å²) < 4.78 is 5.96. The van der Waals surface area contributed by atoms with Crippen LogP contribution in [-0.4, -0.2) is 15.5 Å². The predicted molar refractivity (Wildman–Crippen MR) is 77.5 cm³/mol. The van der Waals surface area contributed by atoms with Gasteiger partial charge in [-0.15, -0.1) is 0 Å². The fourth-order valence-electron chi connectivity index (χ4n) is 2.22. The molecule has 2 unspecified atom stereocenters. The fraction of sp³-hybridized carbons (Fsp3) is 0.600. The number of halogens is 1. The smallest absolute Gasteiger partial charge is 0.126 e. The Morgan fingerprint density at radius 2 is 1.89 bits per heavy atom. The summed E-state index contributed by atoms with van der Waals surface area (Å²) in [6.07, 6.45) is -0.536. The molecule has 0 fully saturated rings. The molecule has 100 valence electrons. The van der Waals surface area contributed by atoms with Gasteiger partial charge in [-0.1, -0.05) is 42.8 Å². The molecule has 0 amide bonds. The number of hydrogen-bond donors (Lipinski definition) is 1. The van der Waals surface area contributed by atoms with Crippen molar-refractivity contribution in [2.45, 2.75) is 56.6 Å². The molecule has 0 saturated heterocycles. The Morgan fingerprint density at radius 1 is 1.28 bits per heavy atom. The standard InChI is InChI=1S/C15H21BrO2/c1-14(2,3)9-6-7-11-10(8-9)12(17)13(16)15(4,5)18-11/h6-8,12-13,17H,1-5H3. The summed E-state index contributed by atoms with van der Waals surface area (Å²) in [6.45, 7) is 10.5. The van der Waals surface area contributed by atoms with Crippen molar-refractivity contribution in [2.24, 2.45) is 0 Å². The summed E-state index contributed by atoms with van der Waals surface area (Å²) in [4.78, 5) is -0.104. The number of aliphatic hydroxyl groups excluding tert-OH is 1. The Kier molecular flexibility index (Phi) is 3.27. The first kappa shape index (κ1) is 13.9. The van der Waals surface area contributed by atoms with Gasteiger partial charge in [0.2, 0.25) is 0 Å². The molecule has 0 radical (unpaired) electrons. The zero-order chi connectivity index (χ0) is 13.7. The lowest BCUT2D eigenvalue weighted by Gasteiger charge is -2.40. The van der Waals surface area contributed by atoms with E-state index in [9.17, 15) is 5.11 Å². The van der Waals surface area contributed by atoms with Gasteiger partial charge in [-0.2, -0.15) is 0 Å². The number of fused-ring (bicyclic) bond motifs is 1. The van der Waals surface area contributed by atoms with Crippen LogP contribution in [0.15, 0.2) is 18.2 Å². The quantitative estimate of drug-likeness (QED) is 0.735. The summed E-state index contributed by atoms with van der Waals surface area (Å²) in [5, 5.41) is 10.4. The van der Waals surface area contributed by atoms with Crippen LogP contribution >= 0.6 is 15.9 Å². The third kappa shape index (κ3) is 2.30. The SMILES string of the molecule is CC(C)(C)c1ccc2c(c1)C(O)C(Br)C(C)(C)O2. The normalized spacial score (nSPS) is 26.4. The lowest BCUT2D eigenvalue weighted by molar-refractivity contribution is 0.0224. The van der Waals surface area contributed by atoms with Crippen molar-refractivity contribution in [3.8, 4) is 5.75 Å². The first-order valence-corrected chi connectivity index (χ1v) is 7.20. The average molecular weight is 313 g/mol. The van der Waals surface area contributed by atoms with Crippen molar-refractivity contribution < 1.29 is 9.84 Å². The molecular weight excluding hydrogens is 292 g/mol. The molecular formula is C15H21BrO2. The molecule has 0 aliphatic carbocycles. The van der Waals surface area contributed by atoms with E-state index < -0.39 is 11.7 Å². The van der Waals surface area contributed by atoms with Crippen molar-refractivity contribution in [2.75, 3.05) is 0 Å². The Morgan fingerprint density at radius 3 is 2.44 bits per heavy atom. The number of ether oxygens (including phenoxy) is 1. The van der Waals surface area contributed by atoms with Gasteiger partial charge in [0, 0.05) is 5.56 Å². The molecule has 1 aliphatic rings. The molecule has 1 aromatic carbocycles. The summed E-state index contributed by atoms with van der Waals surface area (Å²) >= 11 is 3.55. The Balaban J connectivity index is 2.49. The number of benzene rings is 1. The van der Waals surface area contributed by atoms with Crippen molar-refractivity contribution in [1.29, 1.82) is 0 Å². The molecule has 2 nitrogen and oxygen atoms in total. The molecule has 1 aromatic rings. The maximum atomic E-state index is 10.4. The van der Waals surface area contributed by atoms with Crippen LogP contribution in [0, 0.1) is 0 Å². The van der Waals surface area contributed by atoms with Crippen LogP contribution in [0.1, 0.15) is 51.8 Å². The van der Waals surface area contributed by atoms with Crippen LogP contribution < -0.4 is 4.74 Å². The highest BCUT2D eigenvalue weighted by Gasteiger charge is 2.41. The van der Waals surface area contributed by atoms with Gasteiger partial charge in [-0.3, -0.25) is 0 Å². The molecule has 2 atom stereocenters. The van der Waals surface area contributed by atoms with Crippen LogP contribution in [0.25, 0.3) is 0 Å². The molecule has 1 heterocycles. The molecule has 3 heteroatoms. The molecule has 0 saturated carbocycles. The van der Waals surface area contributed by atoms with E-state index in [1.165, 1.54) is 5.56 Å². The molecule has 1 N–H and O–H groups in total. The topological polar surface area (TPSA) is 29.5 Å². The molecule has 0 spiro atoms. The van der Waals surface area contributed by atoms with Crippen molar-refractivity contribution >= 4 is 15.9 Å². The minimum Gasteiger partial charge on any atom is -0.486 e. The second-order valence-electron chi connectivity index (χ2n) is 6.55. The number of hydrogen-bond acceptors (Lipinski definition) is 2. The van der Waals surface area contributed by atoms with Crippen LogP contribution in [0.5, 0.6) is 5.75 Å². The molecule has 1 aliphatic heterocycles. The van der Waals surface area contributed by atoms with Gasteiger partial charge in [0.1, 0.15) is 11.4 Å². The van der Waals surface area contributed by atoms with Gasteiger partial charge in [-0.25, -0.2) is 0 Å². The van der Waals surface area contributed by atoms with Gasteiger partial charge in [0.15, 0.2) is 0 Å². The fourth-order valence-corrected chi connectivity index (χ4v) is 2.59. The van der Waals surface area contributed by atoms with Crippen LogP contribution in [-0.2, 0) is 5.41 Å². The Labute approximate surface area is 117 Å². The third-order valence-corrected chi connectivity index (χ3v) is 5.11. The van der Waals surface area contributed by atoms with E-state index in [1.807, 2.05) is 19.9 Å². The number of alkyl halides is 1. The summed E-state index contributed by atoms with van der Waals surface area (Å²) in [7, 11) is 0. The Hall–Kier alpha value is -0.540. The van der Waals surface area contributed by atoms with E-state index in [4.69, 9.17) is 4.74 Å². The van der Waals surface area contributed by atoms with Gasteiger partial charge >= 0.3 is 0 Å². The second-order valence-corrected chi connectivity index (χ2v) is 7.54. The number of rotatable bonds is 0. The van der Waals surface area contributed by atoms with Gasteiger partial charge in [-0.05, 0) is 37.0 Å². The maximum Gasteiger partial charge on any atom is 0.126 e. The van der Waals surface area contributed by atoms with Crippen LogP contribution in [0.2, 0.25) is 0 Å². The van der Waals surface area contributed by atoms with Gasteiger partial charge in [0.25, 0.3) is 0 Å². The van der Waals surface area contributed by atoms with Gasteiger partial charge < -0.3 is 9.84 Å². The van der Waals surface area contributed by atoms with E-state index in [2.05, 4.69) is 48.8 Å². The molecule has 0 bridgehead atoms. The van der Waals surface area contributed by atoms with Crippen molar-refractivity contribution in [3.63, 3.8) is 0 Å². The van der Waals surface area contributed by atoms with E-state index in [0.717, 1.165) is 11.3 Å². The lowest BCUT2D eigenvalue weighted by atomic mass is 9.83. The molecule has 0 aromatic heterocycles. The minimum absolute atomic E-state index is 0.0729. The van der Waals surface area contributed by atoms with E-state index in [1.54, 1.807) is 0 Å². The van der Waals surface area contributed by atoms with Crippen LogP contribution in [0.4, 0.5) is 0 Å². The Bertz CT molecular complexity index is 460. The number of aliphatic hydroxyl groups is 1. The van der Waals surface area contributed by atoms with Crippen molar-refractivity contribution in [1.82, 2.24) is 0 Å². The highest BCUT2D eigenvalue weighted by Crippen LogP contribution is 2.44. The van der Waals surface area contributed by atoms with Crippen molar-refractivity contribution in [3.05, 3.63) is 29.3 Å². The van der Waals surface area contributed by atoms with E-state index >= 15 is 0 Å². The average Bonchev–Trinajstić information content (AvgIpc) is 2.24. The summed E-state index contributed by atoms with van der Waals surface area (Å²) in [5.74, 6) is 0.788. The minimum atomic E-state index is -0.536. The molecule has 18 heavy (non-hydrogen) atoms. The summed E-state index contributed by atoms with van der Waals surface area (Å²) in [5.41, 5.74) is 1.76. The highest BCUT2D eigenvalue weighted by molar-refractivity contribution is 9.09. The summed E-state index contributed by atoms with van der Waals surface area (Å²) in [6, 6.07) is 6.11. The third-order valence-electron chi connectivity index (χ3n) is 3.51. The van der Waals surface area contributed by atoms with E-state index in [-0.39, 0.29) is 10.2 Å². The zero-order valence-electron chi connectivity index (χ0n) is 11.6. The van der Waals surface area contributed by atoms with Gasteiger partial charge in [0.05, 0.1) is 10.9 Å². The largest absolute Gasteiger partial charge is 0.486 e. The second kappa shape index (κ2) is 4.24. The first-order chi connectivity index (χ1) is 8.13. The zero-order valence-corrected chi connectivity index (χ0v) is 13.2. The van der Waals surface area contributed by atoms with Crippen LogP contribution in [0.3, 0.4) is 0 Å². The van der Waals surface area contributed by atoms with E-state index in [0.29, 0.717) is 0 Å². The molecule has 2 rings (SSSR count).